The molecule has 0 atom stereocenters. The Labute approximate surface area is 173 Å². The van der Waals surface area contributed by atoms with Gasteiger partial charge in [0.05, 0.1) is 17.1 Å². The van der Waals surface area contributed by atoms with Crippen molar-refractivity contribution in [3.05, 3.63) is 66.0 Å². The topological polar surface area (TPSA) is 71.0 Å². The number of anilines is 2. The Morgan fingerprint density at radius 2 is 1.97 bits per heavy atom. The maximum atomic E-state index is 14.2. The van der Waals surface area contributed by atoms with E-state index in [1.807, 2.05) is 0 Å². The largest absolute Gasteiger partial charge is 0.368 e. The number of halogens is 2. The molecule has 3 aromatic rings. The lowest BCUT2D eigenvalue weighted by Crippen LogP contribution is -2.42. The monoisotopic (exact) mass is 409 g/mol. The van der Waals surface area contributed by atoms with Crippen molar-refractivity contribution in [2.75, 3.05) is 23.8 Å². The van der Waals surface area contributed by atoms with Crippen LogP contribution in [0.25, 0.3) is 11.3 Å². The van der Waals surface area contributed by atoms with Crippen LogP contribution in [-0.4, -0.2) is 35.2 Å². The fourth-order valence-electron chi connectivity index (χ4n) is 3.72. The first-order valence-corrected chi connectivity index (χ1v) is 9.69. The molecule has 2 aromatic heterocycles. The minimum absolute atomic E-state index is 0.163. The van der Waals surface area contributed by atoms with E-state index in [-0.39, 0.29) is 16.9 Å². The normalized spacial score (nSPS) is 14.6. The van der Waals surface area contributed by atoms with Crippen molar-refractivity contribution in [3.8, 4) is 11.3 Å². The van der Waals surface area contributed by atoms with Crippen LogP contribution >= 0.6 is 0 Å². The van der Waals surface area contributed by atoms with E-state index in [0.29, 0.717) is 35.7 Å². The summed E-state index contributed by atoms with van der Waals surface area (Å²) < 4.78 is 28.2. The Balaban J connectivity index is 1.49. The molecular formula is C22H21F2N5O. The zero-order valence-corrected chi connectivity index (χ0v) is 16.5. The van der Waals surface area contributed by atoms with E-state index in [2.05, 4.69) is 20.5 Å². The Hall–Kier alpha value is -3.42. The number of amides is 1. The number of carbonyl (C=O) groups is 1. The predicted octanol–water partition coefficient (Wildman–Crippen LogP) is 3.94. The summed E-state index contributed by atoms with van der Waals surface area (Å²) in [6, 6.07) is 11.0. The highest BCUT2D eigenvalue weighted by molar-refractivity contribution is 5.77. The van der Waals surface area contributed by atoms with Crippen molar-refractivity contribution >= 4 is 17.9 Å². The van der Waals surface area contributed by atoms with Crippen molar-refractivity contribution < 1.29 is 13.6 Å². The van der Waals surface area contributed by atoms with Gasteiger partial charge in [0.15, 0.2) is 0 Å². The second-order valence-electron chi connectivity index (χ2n) is 7.51. The highest BCUT2D eigenvalue weighted by atomic mass is 19.1. The molecule has 0 bridgehead atoms. The molecule has 1 N–H and O–H groups in total. The third kappa shape index (κ3) is 3.72. The molecule has 1 aliphatic carbocycles. The Morgan fingerprint density at radius 1 is 1.13 bits per heavy atom. The zero-order valence-electron chi connectivity index (χ0n) is 16.5. The van der Waals surface area contributed by atoms with E-state index in [1.165, 1.54) is 19.2 Å². The first-order valence-electron chi connectivity index (χ1n) is 9.69. The molecule has 1 fully saturated rings. The van der Waals surface area contributed by atoms with Crippen LogP contribution in [0.1, 0.15) is 25.0 Å². The van der Waals surface area contributed by atoms with Gasteiger partial charge >= 0.3 is 0 Å². The summed E-state index contributed by atoms with van der Waals surface area (Å²) in [6.45, 7) is 0.514. The Bertz CT molecular complexity index is 1050. The molecule has 4 rings (SSSR count). The van der Waals surface area contributed by atoms with Crippen molar-refractivity contribution in [3.63, 3.8) is 0 Å². The number of hydrogen-bond donors (Lipinski definition) is 1. The highest BCUT2D eigenvalue weighted by Crippen LogP contribution is 2.43. The lowest BCUT2D eigenvalue weighted by Gasteiger charge is -2.41. The second kappa shape index (κ2) is 8.14. The van der Waals surface area contributed by atoms with Crippen molar-refractivity contribution in [2.45, 2.75) is 24.7 Å². The average Bonchev–Trinajstić information content (AvgIpc) is 2.74. The van der Waals surface area contributed by atoms with Gasteiger partial charge in [0.25, 0.3) is 0 Å². The summed E-state index contributed by atoms with van der Waals surface area (Å²) >= 11 is 0. The quantitative estimate of drug-likeness (QED) is 0.599. The molecule has 0 aliphatic heterocycles. The standard InChI is InChI=1S/C22H21F2N5O/c1-29(14-30)19-12-15(5-6-16(19)23)18-7-8-20(28-27-18)26-13-22(9-3-10-22)21-17(24)4-2-11-25-21/h2,4-8,11-12,14H,3,9-10,13H2,1H3,(H,26,28). The molecule has 30 heavy (non-hydrogen) atoms. The SMILES string of the molecule is CN(C=O)c1cc(-c2ccc(NCC3(c4ncccc4F)CCC3)nn2)ccc1F. The first kappa shape index (κ1) is 19.9. The van der Waals surface area contributed by atoms with Gasteiger partial charge in [-0.05, 0) is 55.3 Å². The molecule has 1 aliphatic rings. The minimum atomic E-state index is -0.493. The molecule has 0 unspecified atom stereocenters. The maximum absolute atomic E-state index is 14.2. The van der Waals surface area contributed by atoms with E-state index in [1.54, 1.807) is 36.5 Å². The highest BCUT2D eigenvalue weighted by Gasteiger charge is 2.41. The predicted molar refractivity (Wildman–Crippen MR) is 110 cm³/mol. The zero-order chi connectivity index (χ0) is 21.1. The fourth-order valence-corrected chi connectivity index (χ4v) is 3.72. The number of carbonyl (C=O) groups excluding carboxylic acids is 1. The summed E-state index contributed by atoms with van der Waals surface area (Å²) in [7, 11) is 1.48. The summed E-state index contributed by atoms with van der Waals surface area (Å²) in [4.78, 5) is 16.4. The van der Waals surface area contributed by atoms with Gasteiger partial charge in [-0.25, -0.2) is 8.78 Å². The van der Waals surface area contributed by atoms with Crippen molar-refractivity contribution in [1.29, 1.82) is 0 Å². The molecule has 1 aromatic carbocycles. The number of hydrogen-bond acceptors (Lipinski definition) is 5. The van der Waals surface area contributed by atoms with E-state index in [9.17, 15) is 13.6 Å². The minimum Gasteiger partial charge on any atom is -0.368 e. The Kier molecular flexibility index (Phi) is 5.39. The fraction of sp³-hybridized carbons (Fsp3) is 0.273. The molecule has 0 spiro atoms. The summed E-state index contributed by atoms with van der Waals surface area (Å²) in [5.74, 6) is -0.214. The van der Waals surface area contributed by atoms with E-state index >= 15 is 0 Å². The number of rotatable bonds is 7. The van der Waals surface area contributed by atoms with Crippen LogP contribution in [0, 0.1) is 11.6 Å². The lowest BCUT2D eigenvalue weighted by molar-refractivity contribution is -0.107. The third-order valence-electron chi connectivity index (χ3n) is 5.62. The van der Waals surface area contributed by atoms with Crippen molar-refractivity contribution in [1.82, 2.24) is 15.2 Å². The lowest BCUT2D eigenvalue weighted by atomic mass is 9.66. The summed E-state index contributed by atoms with van der Waals surface area (Å²) in [5.41, 5.74) is 1.51. The van der Waals surface area contributed by atoms with Crippen LogP contribution in [-0.2, 0) is 10.2 Å². The summed E-state index contributed by atoms with van der Waals surface area (Å²) in [5, 5.41) is 11.7. The average molecular weight is 409 g/mol. The van der Waals surface area contributed by atoms with Gasteiger partial charge in [-0.1, -0.05) is 6.42 Å². The van der Waals surface area contributed by atoms with Crippen LogP contribution in [0.5, 0.6) is 0 Å². The molecule has 154 valence electrons. The van der Waals surface area contributed by atoms with Crippen molar-refractivity contribution in [2.24, 2.45) is 0 Å². The Morgan fingerprint density at radius 3 is 2.60 bits per heavy atom. The van der Waals surface area contributed by atoms with Gasteiger partial charge in [-0.2, -0.15) is 0 Å². The van der Waals surface area contributed by atoms with Gasteiger partial charge in [0.2, 0.25) is 6.41 Å². The number of aromatic nitrogens is 3. The number of benzene rings is 1. The van der Waals surface area contributed by atoms with Gasteiger partial charge in [-0.3, -0.25) is 9.78 Å². The molecule has 6 nitrogen and oxygen atoms in total. The molecule has 1 amide bonds. The van der Waals surface area contributed by atoms with E-state index in [4.69, 9.17) is 0 Å². The summed E-state index contributed by atoms with van der Waals surface area (Å²) in [6.07, 6.45) is 4.92. The molecular weight excluding hydrogens is 388 g/mol. The van der Waals surface area contributed by atoms with Gasteiger partial charge < -0.3 is 10.2 Å². The smallest absolute Gasteiger partial charge is 0.213 e. The van der Waals surface area contributed by atoms with Gasteiger partial charge in [0.1, 0.15) is 17.5 Å². The number of nitrogens with one attached hydrogen (secondary N) is 1. The number of nitrogens with zero attached hydrogens (tertiary/aromatic N) is 4. The number of pyridine rings is 1. The van der Waals surface area contributed by atoms with Gasteiger partial charge in [-0.15, -0.1) is 10.2 Å². The maximum Gasteiger partial charge on any atom is 0.213 e. The van der Waals surface area contributed by atoms with Crippen LogP contribution in [0.2, 0.25) is 0 Å². The molecule has 1 saturated carbocycles. The first-order chi connectivity index (χ1) is 14.5. The molecule has 2 heterocycles. The van der Waals surface area contributed by atoms with Crippen LogP contribution < -0.4 is 10.2 Å². The van der Waals surface area contributed by atoms with E-state index < -0.39 is 5.82 Å². The molecule has 0 radical (unpaired) electrons. The molecule has 0 saturated heterocycles. The van der Waals surface area contributed by atoms with Crippen LogP contribution in [0.3, 0.4) is 0 Å². The van der Waals surface area contributed by atoms with Crippen LogP contribution in [0.4, 0.5) is 20.3 Å². The van der Waals surface area contributed by atoms with Crippen LogP contribution in [0.15, 0.2) is 48.7 Å². The third-order valence-corrected chi connectivity index (χ3v) is 5.62. The second-order valence-corrected chi connectivity index (χ2v) is 7.51. The van der Waals surface area contributed by atoms with Gasteiger partial charge in [0, 0.05) is 30.8 Å². The molecule has 8 heteroatoms. The van der Waals surface area contributed by atoms with E-state index in [0.717, 1.165) is 24.2 Å².